The fourth-order valence-electron chi connectivity index (χ4n) is 3.85. The van der Waals surface area contributed by atoms with Crippen LogP contribution in [0.2, 0.25) is 0 Å². The van der Waals surface area contributed by atoms with E-state index < -0.39 is 0 Å². The number of aryl methyl sites for hydroxylation is 1. The lowest BCUT2D eigenvalue weighted by Crippen LogP contribution is -2.30. The van der Waals surface area contributed by atoms with Crippen LogP contribution >= 0.6 is 11.3 Å². The Labute approximate surface area is 146 Å². The Hall–Kier alpha value is -1.88. The molecule has 1 aliphatic heterocycles. The van der Waals surface area contributed by atoms with Gasteiger partial charge >= 0.3 is 0 Å². The highest BCUT2D eigenvalue weighted by Crippen LogP contribution is 2.48. The van der Waals surface area contributed by atoms with Gasteiger partial charge in [0.1, 0.15) is 5.82 Å². The standard InChI is InChI=1S/C19H23N3OS/c1-11-15-17(14-9-6-10-24-14)16-12(7-5-8-13(16)23)20-18(15)22(21-11)19(2,3)4/h6,9-10,17,20H,5,7-8H2,1-4H3/t17-/m1/s1. The van der Waals surface area contributed by atoms with Crippen molar-refractivity contribution in [2.45, 2.75) is 58.4 Å². The first-order chi connectivity index (χ1) is 11.4. The molecule has 5 heteroatoms. The molecule has 0 spiro atoms. The molecule has 4 nitrogen and oxygen atoms in total. The highest BCUT2D eigenvalue weighted by Gasteiger charge is 2.40. The number of allylic oxidation sites excluding steroid dienone is 2. The summed E-state index contributed by atoms with van der Waals surface area (Å²) < 4.78 is 2.08. The Kier molecular flexibility index (Phi) is 3.46. The molecule has 0 unspecified atom stereocenters. The number of aromatic nitrogens is 2. The fourth-order valence-corrected chi connectivity index (χ4v) is 4.69. The third-order valence-electron chi connectivity index (χ3n) is 4.87. The number of nitrogens with one attached hydrogen (secondary N) is 1. The minimum absolute atomic E-state index is 0.0279. The molecule has 24 heavy (non-hydrogen) atoms. The highest BCUT2D eigenvalue weighted by atomic mass is 32.1. The van der Waals surface area contributed by atoms with Crippen LogP contribution in [0.1, 0.15) is 62.1 Å². The maximum Gasteiger partial charge on any atom is 0.161 e. The number of nitrogens with zero attached hydrogens (tertiary/aromatic N) is 2. The SMILES string of the molecule is Cc1nn(C(C)(C)C)c2c1[C@@H](c1cccs1)C1=C(CCCC1=O)N2. The van der Waals surface area contributed by atoms with Gasteiger partial charge in [-0.1, -0.05) is 6.07 Å². The molecule has 2 aromatic rings. The molecule has 2 aromatic heterocycles. The molecule has 0 bridgehead atoms. The van der Waals surface area contributed by atoms with Gasteiger partial charge in [-0.05, 0) is 52.0 Å². The Morgan fingerprint density at radius 3 is 2.79 bits per heavy atom. The summed E-state index contributed by atoms with van der Waals surface area (Å²) in [5.74, 6) is 1.38. The number of carbonyl (C=O) groups is 1. The van der Waals surface area contributed by atoms with Gasteiger partial charge in [0, 0.05) is 28.1 Å². The van der Waals surface area contributed by atoms with E-state index in [1.807, 2.05) is 0 Å². The van der Waals surface area contributed by atoms with Crippen molar-refractivity contribution in [2.75, 3.05) is 5.32 Å². The summed E-state index contributed by atoms with van der Waals surface area (Å²) in [5.41, 5.74) is 4.13. The summed E-state index contributed by atoms with van der Waals surface area (Å²) >= 11 is 1.73. The summed E-state index contributed by atoms with van der Waals surface area (Å²) in [5, 5.41) is 10.5. The molecule has 1 atom stereocenters. The highest BCUT2D eigenvalue weighted by molar-refractivity contribution is 7.10. The minimum atomic E-state index is -0.109. The van der Waals surface area contributed by atoms with Crippen molar-refractivity contribution in [3.05, 3.63) is 44.9 Å². The van der Waals surface area contributed by atoms with E-state index in [4.69, 9.17) is 5.10 Å². The van der Waals surface area contributed by atoms with Gasteiger partial charge in [-0.3, -0.25) is 4.79 Å². The zero-order valence-corrected chi connectivity index (χ0v) is 15.5. The number of fused-ring (bicyclic) bond motifs is 1. The normalized spacial score (nSPS) is 20.7. The first-order valence-corrected chi connectivity index (χ1v) is 9.42. The maximum atomic E-state index is 12.7. The molecule has 0 fully saturated rings. The molecule has 1 aliphatic carbocycles. The molecular weight excluding hydrogens is 318 g/mol. The van der Waals surface area contributed by atoms with Crippen molar-refractivity contribution >= 4 is 22.9 Å². The summed E-state index contributed by atoms with van der Waals surface area (Å²) in [6, 6.07) is 4.21. The lowest BCUT2D eigenvalue weighted by atomic mass is 9.78. The van der Waals surface area contributed by atoms with Crippen LogP contribution in [0.4, 0.5) is 5.82 Å². The second-order valence-corrected chi connectivity index (χ2v) is 8.65. The number of thiophene rings is 1. The molecule has 0 saturated carbocycles. The van der Waals surface area contributed by atoms with Crippen LogP contribution in [0, 0.1) is 6.92 Å². The molecule has 126 valence electrons. The second-order valence-electron chi connectivity index (χ2n) is 7.67. The van der Waals surface area contributed by atoms with Crippen LogP contribution in [-0.4, -0.2) is 15.6 Å². The lowest BCUT2D eigenvalue weighted by Gasteiger charge is -2.33. The van der Waals surface area contributed by atoms with Gasteiger partial charge in [-0.15, -0.1) is 11.3 Å². The average Bonchev–Trinajstić information content (AvgIpc) is 3.13. The number of ketones is 1. The lowest BCUT2D eigenvalue weighted by molar-refractivity contribution is -0.116. The Morgan fingerprint density at radius 2 is 2.12 bits per heavy atom. The largest absolute Gasteiger partial charge is 0.343 e. The van der Waals surface area contributed by atoms with Gasteiger partial charge < -0.3 is 5.32 Å². The van der Waals surface area contributed by atoms with Crippen molar-refractivity contribution < 1.29 is 4.79 Å². The van der Waals surface area contributed by atoms with Crippen molar-refractivity contribution in [3.63, 3.8) is 0 Å². The van der Waals surface area contributed by atoms with Gasteiger partial charge in [0.25, 0.3) is 0 Å². The summed E-state index contributed by atoms with van der Waals surface area (Å²) in [6.45, 7) is 8.55. The minimum Gasteiger partial charge on any atom is -0.343 e. The first kappa shape index (κ1) is 15.6. The van der Waals surface area contributed by atoms with E-state index in [-0.39, 0.29) is 17.2 Å². The van der Waals surface area contributed by atoms with Gasteiger partial charge in [-0.25, -0.2) is 4.68 Å². The van der Waals surface area contributed by atoms with Gasteiger partial charge in [0.15, 0.2) is 5.78 Å². The third-order valence-corrected chi connectivity index (χ3v) is 5.81. The van der Waals surface area contributed by atoms with Gasteiger partial charge in [0.05, 0.1) is 17.2 Å². The molecule has 0 saturated heterocycles. The second kappa shape index (κ2) is 5.31. The van der Waals surface area contributed by atoms with Crippen LogP contribution in [0.5, 0.6) is 0 Å². The van der Waals surface area contributed by atoms with Gasteiger partial charge in [0.2, 0.25) is 0 Å². The topological polar surface area (TPSA) is 46.9 Å². The van der Waals surface area contributed by atoms with Crippen molar-refractivity contribution in [1.29, 1.82) is 0 Å². The Bertz CT molecular complexity index is 837. The summed E-state index contributed by atoms with van der Waals surface area (Å²) in [4.78, 5) is 14.0. The zero-order chi connectivity index (χ0) is 17.1. The van der Waals surface area contributed by atoms with E-state index in [1.165, 1.54) is 10.4 Å². The van der Waals surface area contributed by atoms with E-state index in [1.54, 1.807) is 11.3 Å². The third kappa shape index (κ3) is 2.25. The van der Waals surface area contributed by atoms with Crippen molar-refractivity contribution in [1.82, 2.24) is 9.78 Å². The quantitative estimate of drug-likeness (QED) is 0.826. The van der Waals surface area contributed by atoms with Crippen LogP contribution in [0.3, 0.4) is 0 Å². The molecule has 0 amide bonds. The van der Waals surface area contributed by atoms with Crippen LogP contribution in [-0.2, 0) is 10.3 Å². The molecular formula is C19H23N3OS. The van der Waals surface area contributed by atoms with Gasteiger partial charge in [-0.2, -0.15) is 5.10 Å². The van der Waals surface area contributed by atoms with E-state index in [9.17, 15) is 4.79 Å². The number of rotatable bonds is 1. The molecule has 2 aliphatic rings. The predicted octanol–water partition coefficient (Wildman–Crippen LogP) is 4.57. The molecule has 0 radical (unpaired) electrons. The van der Waals surface area contributed by atoms with Crippen molar-refractivity contribution in [2.24, 2.45) is 0 Å². The maximum absolute atomic E-state index is 12.7. The monoisotopic (exact) mass is 341 g/mol. The van der Waals surface area contributed by atoms with E-state index in [2.05, 4.69) is 55.2 Å². The number of hydrogen-bond acceptors (Lipinski definition) is 4. The first-order valence-electron chi connectivity index (χ1n) is 8.54. The number of carbonyl (C=O) groups excluding carboxylic acids is 1. The predicted molar refractivity (Wildman–Crippen MR) is 97.6 cm³/mol. The summed E-state index contributed by atoms with van der Waals surface area (Å²) in [6.07, 6.45) is 2.53. The molecule has 1 N–H and O–H groups in total. The Morgan fingerprint density at radius 1 is 1.33 bits per heavy atom. The molecule has 0 aromatic carbocycles. The number of hydrogen-bond donors (Lipinski definition) is 1. The zero-order valence-electron chi connectivity index (χ0n) is 14.6. The molecule has 4 rings (SSSR count). The van der Waals surface area contributed by atoms with Crippen LogP contribution in [0.15, 0.2) is 28.8 Å². The summed E-state index contributed by atoms with van der Waals surface area (Å²) in [7, 11) is 0. The van der Waals surface area contributed by atoms with Crippen LogP contribution < -0.4 is 5.32 Å². The van der Waals surface area contributed by atoms with E-state index in [0.29, 0.717) is 6.42 Å². The van der Waals surface area contributed by atoms with Crippen molar-refractivity contribution in [3.8, 4) is 0 Å². The Balaban J connectivity index is 1.98. The fraction of sp³-hybridized carbons (Fsp3) is 0.474. The number of Topliss-reactive ketones (excluding diaryl/α,β-unsaturated/α-hetero) is 1. The average molecular weight is 341 g/mol. The molecule has 3 heterocycles. The van der Waals surface area contributed by atoms with E-state index in [0.717, 1.165) is 35.6 Å². The van der Waals surface area contributed by atoms with E-state index >= 15 is 0 Å². The van der Waals surface area contributed by atoms with Crippen LogP contribution in [0.25, 0.3) is 0 Å². The smallest absolute Gasteiger partial charge is 0.161 e. The number of anilines is 1.